The molecule has 2 aromatic carbocycles. The lowest BCUT2D eigenvalue weighted by atomic mass is 10.2. The van der Waals surface area contributed by atoms with Crippen LogP contribution in [-0.2, 0) is 16.4 Å². The zero-order valence-electron chi connectivity index (χ0n) is 11.7. The summed E-state index contributed by atoms with van der Waals surface area (Å²) in [5.41, 5.74) is 2.33. The van der Waals surface area contributed by atoms with Crippen LogP contribution in [0.4, 0.5) is 5.69 Å². The summed E-state index contributed by atoms with van der Waals surface area (Å²) in [4.78, 5) is 0.228. The van der Waals surface area contributed by atoms with Crippen molar-refractivity contribution in [3.8, 4) is 0 Å². The predicted octanol–water partition coefficient (Wildman–Crippen LogP) is 4.32. The van der Waals surface area contributed by atoms with E-state index in [0.717, 1.165) is 11.3 Å². The van der Waals surface area contributed by atoms with Gasteiger partial charge in [0.15, 0.2) is 9.84 Å². The number of anilines is 1. The third-order valence-electron chi connectivity index (χ3n) is 3.06. The first kappa shape index (κ1) is 16.1. The average molecular weight is 344 g/mol. The molecule has 0 atom stereocenters. The van der Waals surface area contributed by atoms with Crippen LogP contribution in [0.5, 0.6) is 0 Å². The first-order valence-corrected chi connectivity index (χ1v) is 8.91. The van der Waals surface area contributed by atoms with Gasteiger partial charge in [-0.2, -0.15) is 0 Å². The Bertz CT molecular complexity index is 773. The smallest absolute Gasteiger partial charge is 0.175 e. The molecule has 0 aliphatic carbocycles. The Morgan fingerprint density at radius 3 is 2.43 bits per heavy atom. The van der Waals surface area contributed by atoms with Crippen LogP contribution in [-0.4, -0.2) is 14.7 Å². The number of halogens is 2. The third-order valence-corrected chi connectivity index (χ3v) is 4.90. The lowest BCUT2D eigenvalue weighted by Crippen LogP contribution is -2.08. The summed E-state index contributed by atoms with van der Waals surface area (Å²) < 4.78 is 23.6. The molecule has 2 aromatic rings. The van der Waals surface area contributed by atoms with E-state index in [1.807, 2.05) is 25.1 Å². The maximum atomic E-state index is 11.8. The highest BCUT2D eigenvalue weighted by Gasteiger charge is 2.15. The van der Waals surface area contributed by atoms with Gasteiger partial charge < -0.3 is 5.32 Å². The van der Waals surface area contributed by atoms with Crippen molar-refractivity contribution in [1.29, 1.82) is 0 Å². The van der Waals surface area contributed by atoms with Crippen LogP contribution in [0.15, 0.2) is 41.3 Å². The summed E-state index contributed by atoms with van der Waals surface area (Å²) in [6.07, 6.45) is 1.17. The summed E-state index contributed by atoms with van der Waals surface area (Å²) in [5, 5.41) is 4.13. The van der Waals surface area contributed by atoms with Gasteiger partial charge in [-0.05, 0) is 36.8 Å². The molecule has 0 unspecified atom stereocenters. The zero-order chi connectivity index (χ0) is 15.6. The van der Waals surface area contributed by atoms with Crippen LogP contribution >= 0.6 is 23.2 Å². The quantitative estimate of drug-likeness (QED) is 0.899. The number of aryl methyl sites for hydroxylation is 1. The van der Waals surface area contributed by atoms with Crippen molar-refractivity contribution in [1.82, 2.24) is 0 Å². The molecule has 112 valence electrons. The standard InChI is InChI=1S/C15H15Cl2NO2S/c1-10-6-7-14(13(17)8-10)18-9-11-12(16)4-3-5-15(11)21(2,19)20/h3-8,18H,9H2,1-2H3. The number of nitrogens with one attached hydrogen (secondary N) is 1. The minimum Gasteiger partial charge on any atom is -0.380 e. The monoisotopic (exact) mass is 343 g/mol. The lowest BCUT2D eigenvalue weighted by molar-refractivity contribution is 0.601. The van der Waals surface area contributed by atoms with Gasteiger partial charge in [0.05, 0.1) is 15.6 Å². The Labute approximate surface area is 134 Å². The van der Waals surface area contributed by atoms with E-state index in [1.165, 1.54) is 6.26 Å². The van der Waals surface area contributed by atoms with Crippen LogP contribution in [0.25, 0.3) is 0 Å². The normalized spacial score (nSPS) is 11.4. The second-order valence-corrected chi connectivity index (χ2v) is 7.62. The van der Waals surface area contributed by atoms with Crippen molar-refractivity contribution in [2.45, 2.75) is 18.4 Å². The molecule has 1 N–H and O–H groups in total. The molecule has 0 heterocycles. The van der Waals surface area contributed by atoms with Gasteiger partial charge >= 0.3 is 0 Å². The number of benzene rings is 2. The summed E-state index contributed by atoms with van der Waals surface area (Å²) >= 11 is 12.3. The zero-order valence-corrected chi connectivity index (χ0v) is 14.0. The molecule has 6 heteroatoms. The molecule has 0 bridgehead atoms. The molecule has 0 radical (unpaired) electrons. The number of hydrogen-bond acceptors (Lipinski definition) is 3. The van der Waals surface area contributed by atoms with Gasteiger partial charge in [-0.3, -0.25) is 0 Å². The fraction of sp³-hybridized carbons (Fsp3) is 0.200. The molecular weight excluding hydrogens is 329 g/mol. The predicted molar refractivity (Wildman–Crippen MR) is 88.1 cm³/mol. The molecule has 3 nitrogen and oxygen atoms in total. The van der Waals surface area contributed by atoms with E-state index in [0.29, 0.717) is 15.6 Å². The van der Waals surface area contributed by atoms with Gasteiger partial charge in [-0.25, -0.2) is 8.42 Å². The van der Waals surface area contributed by atoms with Gasteiger partial charge in [0, 0.05) is 23.4 Å². The molecule has 0 saturated carbocycles. The summed E-state index contributed by atoms with van der Waals surface area (Å²) in [6.45, 7) is 2.23. The molecule has 0 amide bonds. The Hall–Kier alpha value is -1.23. The Morgan fingerprint density at radius 1 is 1.10 bits per heavy atom. The van der Waals surface area contributed by atoms with Crippen LogP contribution in [0.2, 0.25) is 10.0 Å². The van der Waals surface area contributed by atoms with E-state index in [9.17, 15) is 8.42 Å². The van der Waals surface area contributed by atoms with Gasteiger partial charge in [-0.1, -0.05) is 35.3 Å². The Kier molecular flexibility index (Phi) is 4.81. The second-order valence-electron chi connectivity index (χ2n) is 4.83. The highest BCUT2D eigenvalue weighted by Crippen LogP contribution is 2.27. The van der Waals surface area contributed by atoms with E-state index in [1.54, 1.807) is 18.2 Å². The van der Waals surface area contributed by atoms with Gasteiger partial charge in [0.1, 0.15) is 0 Å². The molecule has 0 fully saturated rings. The van der Waals surface area contributed by atoms with Crippen molar-refractivity contribution in [2.75, 3.05) is 11.6 Å². The fourth-order valence-electron chi connectivity index (χ4n) is 2.00. The summed E-state index contributed by atoms with van der Waals surface area (Å²) in [7, 11) is -3.33. The van der Waals surface area contributed by atoms with Crippen molar-refractivity contribution in [3.05, 3.63) is 57.6 Å². The van der Waals surface area contributed by atoms with Crippen LogP contribution in [0.1, 0.15) is 11.1 Å². The van der Waals surface area contributed by atoms with E-state index < -0.39 is 9.84 Å². The summed E-state index contributed by atoms with van der Waals surface area (Å²) in [6, 6.07) is 10.5. The topological polar surface area (TPSA) is 46.2 Å². The van der Waals surface area contributed by atoms with Crippen LogP contribution in [0, 0.1) is 6.92 Å². The second kappa shape index (κ2) is 6.26. The van der Waals surface area contributed by atoms with E-state index in [-0.39, 0.29) is 11.4 Å². The van der Waals surface area contributed by atoms with Crippen molar-refractivity contribution < 1.29 is 8.42 Å². The van der Waals surface area contributed by atoms with Crippen LogP contribution < -0.4 is 5.32 Å². The SMILES string of the molecule is Cc1ccc(NCc2c(Cl)cccc2S(C)(=O)=O)c(Cl)c1. The van der Waals surface area contributed by atoms with Gasteiger partial charge in [0.2, 0.25) is 0 Å². The minimum absolute atomic E-state index is 0.228. The first-order valence-electron chi connectivity index (χ1n) is 6.26. The molecule has 21 heavy (non-hydrogen) atoms. The number of hydrogen-bond donors (Lipinski definition) is 1. The third kappa shape index (κ3) is 3.90. The fourth-order valence-corrected chi connectivity index (χ4v) is 3.56. The van der Waals surface area contributed by atoms with Gasteiger partial charge in [0.25, 0.3) is 0 Å². The van der Waals surface area contributed by atoms with Gasteiger partial charge in [-0.15, -0.1) is 0 Å². The average Bonchev–Trinajstić information content (AvgIpc) is 2.37. The highest BCUT2D eigenvalue weighted by molar-refractivity contribution is 7.90. The van der Waals surface area contributed by atoms with Crippen molar-refractivity contribution in [3.63, 3.8) is 0 Å². The highest BCUT2D eigenvalue weighted by atomic mass is 35.5. The molecule has 0 aromatic heterocycles. The van der Waals surface area contributed by atoms with Crippen molar-refractivity contribution >= 4 is 38.7 Å². The molecule has 0 aliphatic heterocycles. The molecular formula is C15H15Cl2NO2S. The first-order chi connectivity index (χ1) is 9.79. The van der Waals surface area contributed by atoms with E-state index in [4.69, 9.17) is 23.2 Å². The summed E-state index contributed by atoms with van der Waals surface area (Å²) in [5.74, 6) is 0. The molecule has 2 rings (SSSR count). The number of sulfone groups is 1. The molecule has 0 spiro atoms. The minimum atomic E-state index is -3.33. The van der Waals surface area contributed by atoms with Crippen molar-refractivity contribution in [2.24, 2.45) is 0 Å². The molecule has 0 saturated heterocycles. The maximum absolute atomic E-state index is 11.8. The maximum Gasteiger partial charge on any atom is 0.175 e. The van der Waals surface area contributed by atoms with Crippen LogP contribution in [0.3, 0.4) is 0 Å². The number of rotatable bonds is 4. The Morgan fingerprint density at radius 2 is 1.81 bits per heavy atom. The van der Waals surface area contributed by atoms with E-state index in [2.05, 4.69) is 5.32 Å². The lowest BCUT2D eigenvalue weighted by Gasteiger charge is -2.13. The largest absolute Gasteiger partial charge is 0.380 e. The van der Waals surface area contributed by atoms with E-state index >= 15 is 0 Å². The molecule has 0 aliphatic rings. The Balaban J connectivity index is 2.32.